The summed E-state index contributed by atoms with van der Waals surface area (Å²) in [4.78, 5) is 2.56. The molecule has 0 bridgehead atoms. The Kier molecular flexibility index (Phi) is 5.04. The largest absolute Gasteiger partial charge is 0.309 e. The summed E-state index contributed by atoms with van der Waals surface area (Å²) in [6.07, 6.45) is 2.65. The number of likely N-dealkylation sites (N-methyl/N-ethyl adjacent to an activating group) is 1. The van der Waals surface area contributed by atoms with Crippen LogP contribution in [0, 0.1) is 0 Å². The lowest BCUT2D eigenvalue weighted by atomic mass is 10.1. The molecule has 1 aliphatic rings. The quantitative estimate of drug-likeness (QED) is 0.878. The highest BCUT2D eigenvalue weighted by atomic mass is 35.5. The fourth-order valence-electron chi connectivity index (χ4n) is 2.79. The molecular formula is C15H23ClN2. The van der Waals surface area contributed by atoms with Crippen molar-refractivity contribution in [1.82, 2.24) is 10.2 Å². The monoisotopic (exact) mass is 266 g/mol. The number of hydrogen-bond donors (Lipinski definition) is 1. The summed E-state index contributed by atoms with van der Waals surface area (Å²) >= 11 is 6.22. The van der Waals surface area contributed by atoms with Crippen LogP contribution in [0.2, 0.25) is 5.02 Å². The third-order valence-electron chi connectivity index (χ3n) is 3.94. The molecule has 1 N–H and O–H groups in total. The normalized spacial score (nSPS) is 22.3. The second-order valence-electron chi connectivity index (χ2n) is 5.08. The molecule has 2 nitrogen and oxygen atoms in total. The molecule has 1 aromatic rings. The van der Waals surface area contributed by atoms with E-state index in [2.05, 4.69) is 30.1 Å². The Labute approximate surface area is 115 Å². The second kappa shape index (κ2) is 6.55. The van der Waals surface area contributed by atoms with Gasteiger partial charge in [0.05, 0.1) is 0 Å². The zero-order chi connectivity index (χ0) is 13.0. The van der Waals surface area contributed by atoms with Crippen LogP contribution in [0.1, 0.15) is 38.3 Å². The molecule has 1 aromatic carbocycles. The molecular weight excluding hydrogens is 244 g/mol. The fourth-order valence-corrected chi connectivity index (χ4v) is 3.09. The molecule has 18 heavy (non-hydrogen) atoms. The van der Waals surface area contributed by atoms with E-state index >= 15 is 0 Å². The predicted octanol–water partition coefficient (Wildman–Crippen LogP) is 3.47. The lowest BCUT2D eigenvalue weighted by Crippen LogP contribution is -2.38. The molecule has 0 spiro atoms. The van der Waals surface area contributed by atoms with Gasteiger partial charge >= 0.3 is 0 Å². The molecule has 2 atom stereocenters. The Bertz CT molecular complexity index is 381. The number of nitrogens with zero attached hydrogens (tertiary/aromatic N) is 1. The van der Waals surface area contributed by atoms with Crippen molar-refractivity contribution >= 4 is 11.6 Å². The van der Waals surface area contributed by atoms with Crippen LogP contribution in [0.4, 0.5) is 0 Å². The standard InChI is InChI=1S/C15H23ClN2/c1-3-18-10-6-7-13(18)11-17-12(2)14-8-4-5-9-15(14)16/h4-5,8-9,12-13,17H,3,6-7,10-11H2,1-2H3. The lowest BCUT2D eigenvalue weighted by molar-refractivity contribution is 0.255. The van der Waals surface area contributed by atoms with Crippen LogP contribution >= 0.6 is 11.6 Å². The number of nitrogens with one attached hydrogen (secondary N) is 1. The van der Waals surface area contributed by atoms with E-state index in [4.69, 9.17) is 11.6 Å². The van der Waals surface area contributed by atoms with E-state index in [0.29, 0.717) is 12.1 Å². The first-order chi connectivity index (χ1) is 8.72. The van der Waals surface area contributed by atoms with Crippen molar-refractivity contribution in [3.8, 4) is 0 Å². The van der Waals surface area contributed by atoms with Crippen molar-refractivity contribution < 1.29 is 0 Å². The van der Waals surface area contributed by atoms with E-state index in [1.54, 1.807) is 0 Å². The number of rotatable bonds is 5. The van der Waals surface area contributed by atoms with Gasteiger partial charge in [0.25, 0.3) is 0 Å². The van der Waals surface area contributed by atoms with Gasteiger partial charge in [0, 0.05) is 23.7 Å². The van der Waals surface area contributed by atoms with Crippen molar-refractivity contribution in [3.05, 3.63) is 34.9 Å². The van der Waals surface area contributed by atoms with Crippen molar-refractivity contribution in [2.75, 3.05) is 19.6 Å². The SMILES string of the molecule is CCN1CCCC1CNC(C)c1ccccc1Cl. The Morgan fingerprint density at radius 1 is 1.44 bits per heavy atom. The van der Waals surface area contributed by atoms with Crippen LogP contribution in [-0.4, -0.2) is 30.6 Å². The van der Waals surface area contributed by atoms with Gasteiger partial charge in [-0.15, -0.1) is 0 Å². The summed E-state index contributed by atoms with van der Waals surface area (Å²) in [5.74, 6) is 0. The topological polar surface area (TPSA) is 15.3 Å². The summed E-state index contributed by atoms with van der Waals surface area (Å²) < 4.78 is 0. The van der Waals surface area contributed by atoms with E-state index in [1.807, 2.05) is 18.2 Å². The average Bonchev–Trinajstić information content (AvgIpc) is 2.84. The molecule has 1 aliphatic heterocycles. The Morgan fingerprint density at radius 3 is 2.94 bits per heavy atom. The smallest absolute Gasteiger partial charge is 0.0453 e. The van der Waals surface area contributed by atoms with E-state index in [9.17, 15) is 0 Å². The molecule has 100 valence electrons. The summed E-state index contributed by atoms with van der Waals surface area (Å²) in [5.41, 5.74) is 1.19. The maximum atomic E-state index is 6.22. The highest BCUT2D eigenvalue weighted by molar-refractivity contribution is 6.31. The van der Waals surface area contributed by atoms with E-state index in [1.165, 1.54) is 24.9 Å². The molecule has 0 aliphatic carbocycles. The van der Waals surface area contributed by atoms with Crippen molar-refractivity contribution in [3.63, 3.8) is 0 Å². The Balaban J connectivity index is 1.88. The average molecular weight is 267 g/mol. The first-order valence-electron chi connectivity index (χ1n) is 6.94. The van der Waals surface area contributed by atoms with Crippen LogP contribution in [0.5, 0.6) is 0 Å². The van der Waals surface area contributed by atoms with Gasteiger partial charge in [-0.2, -0.15) is 0 Å². The van der Waals surface area contributed by atoms with Gasteiger partial charge in [0.1, 0.15) is 0 Å². The van der Waals surface area contributed by atoms with Gasteiger partial charge in [0.2, 0.25) is 0 Å². The van der Waals surface area contributed by atoms with Gasteiger partial charge in [-0.1, -0.05) is 36.7 Å². The maximum Gasteiger partial charge on any atom is 0.0453 e. The minimum absolute atomic E-state index is 0.318. The Hall–Kier alpha value is -0.570. The molecule has 1 saturated heterocycles. The van der Waals surface area contributed by atoms with E-state index < -0.39 is 0 Å². The van der Waals surface area contributed by atoms with Crippen molar-refractivity contribution in [2.24, 2.45) is 0 Å². The fraction of sp³-hybridized carbons (Fsp3) is 0.600. The van der Waals surface area contributed by atoms with Crippen LogP contribution in [-0.2, 0) is 0 Å². The minimum Gasteiger partial charge on any atom is -0.309 e. The lowest BCUT2D eigenvalue weighted by Gasteiger charge is -2.25. The molecule has 0 radical (unpaired) electrons. The van der Waals surface area contributed by atoms with E-state index in [0.717, 1.165) is 18.1 Å². The molecule has 1 heterocycles. The van der Waals surface area contributed by atoms with Crippen LogP contribution in [0.15, 0.2) is 24.3 Å². The van der Waals surface area contributed by atoms with Gasteiger partial charge in [-0.3, -0.25) is 4.90 Å². The summed E-state index contributed by atoms with van der Waals surface area (Å²) in [7, 11) is 0. The van der Waals surface area contributed by atoms with Crippen LogP contribution < -0.4 is 5.32 Å². The Morgan fingerprint density at radius 2 is 2.22 bits per heavy atom. The highest BCUT2D eigenvalue weighted by Crippen LogP contribution is 2.23. The summed E-state index contributed by atoms with van der Waals surface area (Å²) in [6, 6.07) is 9.11. The third-order valence-corrected chi connectivity index (χ3v) is 4.28. The summed E-state index contributed by atoms with van der Waals surface area (Å²) in [6.45, 7) is 7.90. The first-order valence-corrected chi connectivity index (χ1v) is 7.32. The molecule has 2 rings (SSSR count). The maximum absolute atomic E-state index is 6.22. The number of hydrogen-bond acceptors (Lipinski definition) is 2. The van der Waals surface area contributed by atoms with Crippen molar-refractivity contribution in [1.29, 1.82) is 0 Å². The minimum atomic E-state index is 0.318. The number of likely N-dealkylation sites (tertiary alicyclic amines) is 1. The zero-order valence-electron chi connectivity index (χ0n) is 11.3. The van der Waals surface area contributed by atoms with Gasteiger partial charge in [0.15, 0.2) is 0 Å². The third kappa shape index (κ3) is 3.25. The number of benzene rings is 1. The van der Waals surface area contributed by atoms with Crippen LogP contribution in [0.3, 0.4) is 0 Å². The van der Waals surface area contributed by atoms with Gasteiger partial charge < -0.3 is 5.32 Å². The van der Waals surface area contributed by atoms with E-state index in [-0.39, 0.29) is 0 Å². The molecule has 1 fully saturated rings. The first kappa shape index (κ1) is 13.9. The van der Waals surface area contributed by atoms with Crippen molar-refractivity contribution in [2.45, 2.75) is 38.8 Å². The molecule has 0 aromatic heterocycles. The van der Waals surface area contributed by atoms with Gasteiger partial charge in [-0.05, 0) is 44.5 Å². The molecule has 3 heteroatoms. The highest BCUT2D eigenvalue weighted by Gasteiger charge is 2.23. The number of halogens is 1. The molecule has 0 amide bonds. The zero-order valence-corrected chi connectivity index (χ0v) is 12.1. The van der Waals surface area contributed by atoms with Gasteiger partial charge in [-0.25, -0.2) is 0 Å². The predicted molar refractivity (Wildman–Crippen MR) is 78.1 cm³/mol. The van der Waals surface area contributed by atoms with Crippen LogP contribution in [0.25, 0.3) is 0 Å². The molecule has 2 unspecified atom stereocenters. The summed E-state index contributed by atoms with van der Waals surface area (Å²) in [5, 5.41) is 4.48. The second-order valence-corrected chi connectivity index (χ2v) is 5.48. The molecule has 0 saturated carbocycles.